The molecule has 0 aliphatic rings. The summed E-state index contributed by atoms with van der Waals surface area (Å²) in [5.74, 6) is -0.0586. The van der Waals surface area contributed by atoms with Crippen LogP contribution >= 0.6 is 12.4 Å². The van der Waals surface area contributed by atoms with Crippen LogP contribution in [0, 0.1) is 0 Å². The third-order valence-electron chi connectivity index (χ3n) is 2.75. The molecule has 0 aromatic heterocycles. The van der Waals surface area contributed by atoms with E-state index in [4.69, 9.17) is 0 Å². The maximum absolute atomic E-state index is 11.5. The van der Waals surface area contributed by atoms with E-state index in [-0.39, 0.29) is 24.2 Å². The molecule has 20 heavy (non-hydrogen) atoms. The van der Waals surface area contributed by atoms with Crippen LogP contribution in [-0.4, -0.2) is 39.0 Å². The van der Waals surface area contributed by atoms with Crippen molar-refractivity contribution in [2.75, 3.05) is 27.2 Å². The summed E-state index contributed by atoms with van der Waals surface area (Å²) in [5, 5.41) is 8.37. The van der Waals surface area contributed by atoms with Gasteiger partial charge in [0, 0.05) is 32.1 Å². The summed E-state index contributed by atoms with van der Waals surface area (Å²) in [6.07, 6.45) is 1.20. The van der Waals surface area contributed by atoms with E-state index in [2.05, 4.69) is 16.0 Å². The normalized spacial score (nSPS) is 9.50. The fourth-order valence-corrected chi connectivity index (χ4v) is 1.69. The van der Waals surface area contributed by atoms with Crippen LogP contribution in [-0.2, 0) is 11.2 Å². The van der Waals surface area contributed by atoms with Crippen molar-refractivity contribution in [2.24, 2.45) is 0 Å². The molecule has 0 saturated heterocycles. The van der Waals surface area contributed by atoms with E-state index in [9.17, 15) is 9.59 Å². The fraction of sp³-hybridized carbons (Fsp3) is 0.429. The van der Waals surface area contributed by atoms with Gasteiger partial charge >= 0.3 is 0 Å². The molecule has 2 amide bonds. The number of rotatable bonds is 7. The Labute approximate surface area is 125 Å². The van der Waals surface area contributed by atoms with E-state index in [0.29, 0.717) is 25.1 Å². The van der Waals surface area contributed by atoms with Crippen molar-refractivity contribution in [3.05, 3.63) is 35.4 Å². The van der Waals surface area contributed by atoms with Gasteiger partial charge in [-0.3, -0.25) is 9.59 Å². The molecule has 0 aliphatic carbocycles. The number of nitrogens with one attached hydrogen (secondary N) is 3. The third kappa shape index (κ3) is 6.54. The molecule has 0 bridgehead atoms. The van der Waals surface area contributed by atoms with Crippen molar-refractivity contribution in [2.45, 2.75) is 12.8 Å². The number of hydrogen-bond acceptors (Lipinski definition) is 3. The van der Waals surface area contributed by atoms with Gasteiger partial charge in [-0.1, -0.05) is 12.1 Å². The first kappa shape index (κ1) is 18.4. The topological polar surface area (TPSA) is 70.2 Å². The zero-order valence-electron chi connectivity index (χ0n) is 11.9. The zero-order valence-corrected chi connectivity index (χ0v) is 12.7. The van der Waals surface area contributed by atoms with Gasteiger partial charge in [0.25, 0.3) is 5.91 Å². The smallest absolute Gasteiger partial charge is 0.251 e. The molecule has 0 atom stereocenters. The summed E-state index contributed by atoms with van der Waals surface area (Å²) < 4.78 is 0. The van der Waals surface area contributed by atoms with Gasteiger partial charge in [0.15, 0.2) is 0 Å². The standard InChI is InChI=1S/C14H21N3O2.ClH/c1-15-8-7-13(18)17-9-6-11-4-3-5-12(10-11)14(19)16-2;/h3-5,10,15H,6-9H2,1-2H3,(H,16,19)(H,17,18);1H. The lowest BCUT2D eigenvalue weighted by Crippen LogP contribution is -2.28. The van der Waals surface area contributed by atoms with Gasteiger partial charge in [-0.2, -0.15) is 0 Å². The molecular weight excluding hydrogens is 278 g/mol. The minimum atomic E-state index is -0.0973. The van der Waals surface area contributed by atoms with Crippen LogP contribution in [0.3, 0.4) is 0 Å². The van der Waals surface area contributed by atoms with Crippen LogP contribution in [0.15, 0.2) is 24.3 Å². The van der Waals surface area contributed by atoms with Crippen LogP contribution in [0.2, 0.25) is 0 Å². The zero-order chi connectivity index (χ0) is 14.1. The Hall–Kier alpha value is -1.59. The van der Waals surface area contributed by atoms with Gasteiger partial charge in [0.1, 0.15) is 0 Å². The molecule has 5 nitrogen and oxygen atoms in total. The maximum atomic E-state index is 11.5. The number of halogens is 1. The van der Waals surface area contributed by atoms with Crippen molar-refractivity contribution in [1.82, 2.24) is 16.0 Å². The minimum Gasteiger partial charge on any atom is -0.356 e. The first-order valence-electron chi connectivity index (χ1n) is 6.39. The van der Waals surface area contributed by atoms with E-state index in [1.165, 1.54) is 0 Å². The first-order chi connectivity index (χ1) is 9.17. The highest BCUT2D eigenvalue weighted by atomic mass is 35.5. The predicted molar refractivity (Wildman–Crippen MR) is 82.3 cm³/mol. The number of hydrogen-bond donors (Lipinski definition) is 3. The molecule has 112 valence electrons. The Morgan fingerprint density at radius 2 is 1.90 bits per heavy atom. The van der Waals surface area contributed by atoms with Crippen molar-refractivity contribution in [3.8, 4) is 0 Å². The van der Waals surface area contributed by atoms with Crippen molar-refractivity contribution in [3.63, 3.8) is 0 Å². The minimum absolute atomic E-state index is 0. The van der Waals surface area contributed by atoms with E-state index < -0.39 is 0 Å². The van der Waals surface area contributed by atoms with Crippen molar-refractivity contribution >= 4 is 24.2 Å². The van der Waals surface area contributed by atoms with Gasteiger partial charge in [-0.15, -0.1) is 12.4 Å². The van der Waals surface area contributed by atoms with Gasteiger partial charge in [-0.05, 0) is 31.2 Å². The van der Waals surface area contributed by atoms with E-state index in [0.717, 1.165) is 12.0 Å². The molecule has 1 aromatic rings. The van der Waals surface area contributed by atoms with Crippen LogP contribution in [0.1, 0.15) is 22.3 Å². The highest BCUT2D eigenvalue weighted by Crippen LogP contribution is 2.05. The number of carbonyl (C=O) groups is 2. The Balaban J connectivity index is 0.00000361. The van der Waals surface area contributed by atoms with Crippen molar-refractivity contribution < 1.29 is 9.59 Å². The van der Waals surface area contributed by atoms with Gasteiger partial charge in [-0.25, -0.2) is 0 Å². The highest BCUT2D eigenvalue weighted by molar-refractivity contribution is 5.94. The molecule has 0 heterocycles. The largest absolute Gasteiger partial charge is 0.356 e. The Morgan fingerprint density at radius 3 is 2.55 bits per heavy atom. The highest BCUT2D eigenvalue weighted by Gasteiger charge is 2.04. The molecule has 0 radical (unpaired) electrons. The quantitative estimate of drug-likeness (QED) is 0.695. The lowest BCUT2D eigenvalue weighted by atomic mass is 10.1. The molecule has 0 spiro atoms. The Kier molecular flexibility index (Phi) is 9.41. The maximum Gasteiger partial charge on any atom is 0.251 e. The Bertz CT molecular complexity index is 438. The second-order valence-electron chi connectivity index (χ2n) is 4.23. The average molecular weight is 300 g/mol. The lowest BCUT2D eigenvalue weighted by Gasteiger charge is -2.06. The second kappa shape index (κ2) is 10.2. The fourth-order valence-electron chi connectivity index (χ4n) is 1.69. The molecule has 0 unspecified atom stereocenters. The molecule has 0 aliphatic heterocycles. The summed E-state index contributed by atoms with van der Waals surface area (Å²) >= 11 is 0. The third-order valence-corrected chi connectivity index (χ3v) is 2.75. The lowest BCUT2D eigenvalue weighted by molar-refractivity contribution is -0.120. The molecule has 6 heteroatoms. The summed E-state index contributed by atoms with van der Waals surface area (Å²) in [4.78, 5) is 22.9. The first-order valence-corrected chi connectivity index (χ1v) is 6.39. The average Bonchev–Trinajstić information content (AvgIpc) is 2.44. The molecule has 0 fully saturated rings. The van der Waals surface area contributed by atoms with E-state index >= 15 is 0 Å². The summed E-state index contributed by atoms with van der Waals surface area (Å²) in [6.45, 7) is 1.26. The molecule has 1 rings (SSSR count). The van der Waals surface area contributed by atoms with Crippen LogP contribution < -0.4 is 16.0 Å². The Morgan fingerprint density at radius 1 is 1.15 bits per heavy atom. The van der Waals surface area contributed by atoms with Crippen LogP contribution in [0.4, 0.5) is 0 Å². The van der Waals surface area contributed by atoms with Crippen LogP contribution in [0.25, 0.3) is 0 Å². The molecule has 1 aromatic carbocycles. The SMILES string of the molecule is CNCCC(=O)NCCc1cccc(C(=O)NC)c1.Cl. The summed E-state index contributed by atoms with van der Waals surface area (Å²) in [6, 6.07) is 7.42. The van der Waals surface area contributed by atoms with Gasteiger partial charge in [0.05, 0.1) is 0 Å². The monoisotopic (exact) mass is 299 g/mol. The summed E-state index contributed by atoms with van der Waals surface area (Å²) in [7, 11) is 3.43. The number of benzene rings is 1. The number of carbonyl (C=O) groups excluding carboxylic acids is 2. The van der Waals surface area contributed by atoms with E-state index in [1.807, 2.05) is 25.2 Å². The van der Waals surface area contributed by atoms with E-state index in [1.54, 1.807) is 13.1 Å². The molecule has 0 saturated carbocycles. The van der Waals surface area contributed by atoms with Crippen molar-refractivity contribution in [1.29, 1.82) is 0 Å². The second-order valence-corrected chi connectivity index (χ2v) is 4.23. The number of amides is 2. The van der Waals surface area contributed by atoms with Gasteiger partial charge < -0.3 is 16.0 Å². The van der Waals surface area contributed by atoms with Crippen LogP contribution in [0.5, 0.6) is 0 Å². The summed E-state index contributed by atoms with van der Waals surface area (Å²) in [5.41, 5.74) is 1.68. The molecule has 3 N–H and O–H groups in total. The predicted octanol–water partition coefficient (Wildman–Crippen LogP) is 0.736. The molecular formula is C14H22ClN3O2. The van der Waals surface area contributed by atoms with Gasteiger partial charge in [0.2, 0.25) is 5.91 Å².